The topological polar surface area (TPSA) is 43.4 Å². The molecule has 0 bridgehead atoms. The highest BCUT2D eigenvalue weighted by Gasteiger charge is 2.14. The molecule has 0 radical (unpaired) electrons. The second-order valence-corrected chi connectivity index (χ2v) is 11.1. The molecule has 0 aliphatic heterocycles. The van der Waals surface area contributed by atoms with Crippen molar-refractivity contribution in [2.75, 3.05) is 11.9 Å². The lowest BCUT2D eigenvalue weighted by atomic mass is 10.1. The van der Waals surface area contributed by atoms with Crippen molar-refractivity contribution in [1.29, 1.82) is 0 Å². The van der Waals surface area contributed by atoms with E-state index >= 15 is 0 Å². The Morgan fingerprint density at radius 2 is 1.68 bits per heavy atom. The fourth-order valence-corrected chi connectivity index (χ4v) is 5.83. The number of benzene rings is 4. The molecule has 1 aromatic heterocycles. The molecule has 5 aromatic rings. The van der Waals surface area contributed by atoms with Gasteiger partial charge in [0.25, 0.3) is 0 Å². The zero-order chi connectivity index (χ0) is 26.6. The lowest BCUT2D eigenvalue weighted by Crippen LogP contribution is -2.04. The summed E-state index contributed by atoms with van der Waals surface area (Å²) in [6.45, 7) is 5.32. The van der Waals surface area contributed by atoms with E-state index in [4.69, 9.17) is 49.3 Å². The Labute approximate surface area is 241 Å². The quantitative estimate of drug-likeness (QED) is 0.187. The van der Waals surface area contributed by atoms with Gasteiger partial charge in [-0.15, -0.1) is 11.3 Å². The van der Waals surface area contributed by atoms with E-state index in [0.29, 0.717) is 39.7 Å². The first-order chi connectivity index (χ1) is 18.4. The van der Waals surface area contributed by atoms with E-state index in [1.807, 2.05) is 25.1 Å². The minimum Gasteiger partial charge on any atom is -0.490 e. The molecule has 0 fully saturated rings. The van der Waals surface area contributed by atoms with Gasteiger partial charge in [-0.2, -0.15) is 0 Å². The maximum Gasteiger partial charge on any atom is 0.180 e. The maximum absolute atomic E-state index is 6.62. The molecule has 0 aliphatic rings. The summed E-state index contributed by atoms with van der Waals surface area (Å²) in [4.78, 5) is 4.78. The third-order valence-electron chi connectivity index (χ3n) is 5.93. The number of anilines is 1. The number of halogens is 3. The summed E-state index contributed by atoms with van der Waals surface area (Å²) >= 11 is 20.6. The second kappa shape index (κ2) is 11.8. The van der Waals surface area contributed by atoms with Crippen LogP contribution in [0.15, 0.2) is 72.8 Å². The molecular formula is C30H25Cl3N2O2S. The number of aromatic nitrogens is 1. The van der Waals surface area contributed by atoms with Crippen molar-refractivity contribution >= 4 is 62.0 Å². The predicted octanol–water partition coefficient (Wildman–Crippen LogP) is 9.82. The average Bonchev–Trinajstić information content (AvgIpc) is 3.32. The molecule has 0 saturated carbocycles. The van der Waals surface area contributed by atoms with Crippen LogP contribution in [-0.2, 0) is 13.2 Å². The molecule has 0 atom stereocenters. The summed E-state index contributed by atoms with van der Waals surface area (Å²) < 4.78 is 13.1. The van der Waals surface area contributed by atoms with Gasteiger partial charge >= 0.3 is 0 Å². The van der Waals surface area contributed by atoms with Crippen LogP contribution >= 0.6 is 46.1 Å². The summed E-state index contributed by atoms with van der Waals surface area (Å²) in [7, 11) is 0. The third-order valence-corrected chi connectivity index (χ3v) is 7.86. The van der Waals surface area contributed by atoms with Gasteiger partial charge in [-0.25, -0.2) is 4.98 Å². The van der Waals surface area contributed by atoms with Crippen molar-refractivity contribution in [3.8, 4) is 22.1 Å². The van der Waals surface area contributed by atoms with Crippen molar-refractivity contribution in [3.05, 3.63) is 105 Å². The molecule has 194 valence electrons. The van der Waals surface area contributed by atoms with Crippen LogP contribution in [0.4, 0.5) is 5.69 Å². The summed E-state index contributed by atoms with van der Waals surface area (Å²) in [5, 5.41) is 6.06. The number of ether oxygens (including phenoxy) is 2. The van der Waals surface area contributed by atoms with Crippen LogP contribution in [0.3, 0.4) is 0 Å². The molecule has 0 amide bonds. The van der Waals surface area contributed by atoms with Gasteiger partial charge in [0.05, 0.1) is 21.8 Å². The first-order valence-corrected chi connectivity index (χ1v) is 14.1. The van der Waals surface area contributed by atoms with Crippen LogP contribution in [0.5, 0.6) is 11.5 Å². The number of nitrogens with one attached hydrogen (secondary N) is 1. The van der Waals surface area contributed by atoms with Gasteiger partial charge in [-0.3, -0.25) is 0 Å². The molecule has 0 unspecified atom stereocenters. The lowest BCUT2D eigenvalue weighted by molar-refractivity contribution is 0.269. The Hall–Kier alpha value is -2.96. The minimum absolute atomic E-state index is 0.244. The van der Waals surface area contributed by atoms with Crippen molar-refractivity contribution in [3.63, 3.8) is 0 Å². The number of rotatable bonds is 9. The van der Waals surface area contributed by atoms with E-state index in [2.05, 4.69) is 54.7 Å². The van der Waals surface area contributed by atoms with Gasteiger partial charge in [-0.05, 0) is 85.6 Å². The van der Waals surface area contributed by atoms with E-state index in [1.54, 1.807) is 23.5 Å². The SMILES string of the molecule is CCOc1cc(CNc2ccc(-c3nc4ccc(C)cc4s3)cc2)cc(Cl)c1OCc1ccc(Cl)cc1Cl. The maximum atomic E-state index is 6.62. The van der Waals surface area contributed by atoms with E-state index in [-0.39, 0.29) is 6.61 Å². The Balaban J connectivity index is 1.27. The van der Waals surface area contributed by atoms with Gasteiger partial charge in [0.2, 0.25) is 0 Å². The summed E-state index contributed by atoms with van der Waals surface area (Å²) in [5.41, 5.74) is 6.15. The molecule has 4 aromatic carbocycles. The van der Waals surface area contributed by atoms with Gasteiger partial charge in [0.1, 0.15) is 11.6 Å². The van der Waals surface area contributed by atoms with Gasteiger partial charge < -0.3 is 14.8 Å². The highest BCUT2D eigenvalue weighted by molar-refractivity contribution is 7.21. The molecule has 1 heterocycles. The molecule has 1 N–H and O–H groups in total. The second-order valence-electron chi connectivity index (χ2n) is 8.78. The van der Waals surface area contributed by atoms with Crippen molar-refractivity contribution < 1.29 is 9.47 Å². The Bertz CT molecular complexity index is 1590. The molecule has 4 nitrogen and oxygen atoms in total. The van der Waals surface area contributed by atoms with Crippen LogP contribution in [0, 0.1) is 6.92 Å². The number of aryl methyl sites for hydroxylation is 1. The standard InChI is InChI=1S/C30H25Cl3N2O2S/c1-3-36-27-14-19(13-25(33)29(27)37-17-21-5-8-22(31)15-24(21)32)16-34-23-9-6-20(7-10-23)30-35-26-11-4-18(2)12-28(26)38-30/h4-15,34H,3,16-17H2,1-2H3. The van der Waals surface area contributed by atoms with E-state index in [9.17, 15) is 0 Å². The smallest absolute Gasteiger partial charge is 0.180 e. The van der Waals surface area contributed by atoms with Crippen LogP contribution < -0.4 is 14.8 Å². The Morgan fingerprint density at radius 1 is 0.868 bits per heavy atom. The van der Waals surface area contributed by atoms with E-state index < -0.39 is 0 Å². The molecule has 0 saturated heterocycles. The number of hydrogen-bond acceptors (Lipinski definition) is 5. The Kier molecular flexibility index (Phi) is 8.29. The van der Waals surface area contributed by atoms with Crippen molar-refractivity contribution in [1.82, 2.24) is 4.98 Å². The normalized spacial score (nSPS) is 11.1. The fourth-order valence-electron chi connectivity index (χ4n) is 4.01. The molecule has 5 rings (SSSR count). The monoisotopic (exact) mass is 582 g/mol. The average molecular weight is 584 g/mol. The summed E-state index contributed by atoms with van der Waals surface area (Å²) in [6, 6.07) is 23.8. The first-order valence-electron chi connectivity index (χ1n) is 12.1. The lowest BCUT2D eigenvalue weighted by Gasteiger charge is -2.16. The first kappa shape index (κ1) is 26.6. The van der Waals surface area contributed by atoms with E-state index in [1.165, 1.54) is 10.3 Å². The zero-order valence-corrected chi connectivity index (χ0v) is 23.9. The molecule has 0 aliphatic carbocycles. The van der Waals surface area contributed by atoms with Crippen LogP contribution in [0.2, 0.25) is 15.1 Å². The number of fused-ring (bicyclic) bond motifs is 1. The largest absolute Gasteiger partial charge is 0.490 e. The van der Waals surface area contributed by atoms with Crippen molar-refractivity contribution in [2.24, 2.45) is 0 Å². The number of nitrogens with zero attached hydrogens (tertiary/aromatic N) is 1. The number of thiazole rings is 1. The molecule has 0 spiro atoms. The fraction of sp³-hybridized carbons (Fsp3) is 0.167. The highest BCUT2D eigenvalue weighted by atomic mass is 35.5. The van der Waals surface area contributed by atoms with Crippen LogP contribution in [0.1, 0.15) is 23.6 Å². The van der Waals surface area contributed by atoms with Crippen molar-refractivity contribution in [2.45, 2.75) is 27.0 Å². The highest BCUT2D eigenvalue weighted by Crippen LogP contribution is 2.38. The van der Waals surface area contributed by atoms with Gasteiger partial charge in [-0.1, -0.05) is 46.9 Å². The van der Waals surface area contributed by atoms with E-state index in [0.717, 1.165) is 32.9 Å². The molecule has 38 heavy (non-hydrogen) atoms. The Morgan fingerprint density at radius 3 is 2.45 bits per heavy atom. The predicted molar refractivity (Wildman–Crippen MR) is 161 cm³/mol. The van der Waals surface area contributed by atoms with Crippen LogP contribution in [-0.4, -0.2) is 11.6 Å². The van der Waals surface area contributed by atoms with Gasteiger partial charge in [0, 0.05) is 33.4 Å². The summed E-state index contributed by atoms with van der Waals surface area (Å²) in [5.74, 6) is 1.07. The molecular weight excluding hydrogens is 559 g/mol. The number of hydrogen-bond donors (Lipinski definition) is 1. The molecule has 8 heteroatoms. The summed E-state index contributed by atoms with van der Waals surface area (Å²) in [6.07, 6.45) is 0. The van der Waals surface area contributed by atoms with Gasteiger partial charge in [0.15, 0.2) is 11.5 Å². The van der Waals surface area contributed by atoms with Crippen LogP contribution in [0.25, 0.3) is 20.8 Å². The third kappa shape index (κ3) is 6.19. The minimum atomic E-state index is 0.244. The zero-order valence-electron chi connectivity index (χ0n) is 20.9.